The molecule has 0 spiro atoms. The third-order valence-corrected chi connectivity index (χ3v) is 4.21. The van der Waals surface area contributed by atoms with Gasteiger partial charge >= 0.3 is 0 Å². The lowest BCUT2D eigenvalue weighted by atomic mass is 10.0. The molecule has 3 heteroatoms. The number of fused-ring (bicyclic) bond motifs is 1. The van der Waals surface area contributed by atoms with E-state index in [1.807, 2.05) is 0 Å². The Hall–Kier alpha value is -1.58. The van der Waals surface area contributed by atoms with Gasteiger partial charge < -0.3 is 14.8 Å². The number of rotatable bonds is 5. The molecule has 0 aliphatic carbocycles. The van der Waals surface area contributed by atoms with Gasteiger partial charge in [-0.05, 0) is 35.6 Å². The zero-order valence-corrected chi connectivity index (χ0v) is 12.6. The predicted octanol–water partition coefficient (Wildman–Crippen LogP) is 3.36. The second kappa shape index (κ2) is 6.92. The highest BCUT2D eigenvalue weighted by Gasteiger charge is 2.14. The monoisotopic (exact) mass is 285 g/mol. The second-order valence-corrected chi connectivity index (χ2v) is 5.68. The van der Waals surface area contributed by atoms with Crippen LogP contribution in [0.3, 0.4) is 0 Å². The van der Waals surface area contributed by atoms with Crippen molar-refractivity contribution in [3.8, 4) is 5.75 Å². The number of nitrogens with one attached hydrogen (secondary N) is 1. The molecule has 3 nitrogen and oxygen atoms in total. The molecule has 0 aromatic heterocycles. The highest BCUT2D eigenvalue weighted by atomic mass is 16.5. The standard InChI is InChI=1S/C18H23NO2/c1-20-18-9-8-15-6-2-3-7-16(15)17(18)12-19-11-14-5-4-10-21-13-14/h2-3,6-9,14,19H,4-5,10-13H2,1H3. The van der Waals surface area contributed by atoms with Gasteiger partial charge in [-0.1, -0.05) is 30.3 Å². The maximum absolute atomic E-state index is 5.54. The first-order valence-electron chi connectivity index (χ1n) is 7.71. The van der Waals surface area contributed by atoms with Crippen LogP contribution in [0.2, 0.25) is 0 Å². The Morgan fingerprint density at radius 3 is 2.95 bits per heavy atom. The van der Waals surface area contributed by atoms with E-state index in [1.165, 1.54) is 29.2 Å². The molecule has 112 valence electrons. The maximum Gasteiger partial charge on any atom is 0.123 e. The van der Waals surface area contributed by atoms with Crippen molar-refractivity contribution in [2.45, 2.75) is 19.4 Å². The molecule has 0 radical (unpaired) electrons. The summed E-state index contributed by atoms with van der Waals surface area (Å²) < 4.78 is 11.1. The van der Waals surface area contributed by atoms with Crippen LogP contribution in [-0.4, -0.2) is 26.9 Å². The van der Waals surface area contributed by atoms with Crippen molar-refractivity contribution < 1.29 is 9.47 Å². The van der Waals surface area contributed by atoms with E-state index in [4.69, 9.17) is 9.47 Å². The van der Waals surface area contributed by atoms with Crippen LogP contribution in [0.1, 0.15) is 18.4 Å². The number of hydrogen-bond donors (Lipinski definition) is 1. The summed E-state index contributed by atoms with van der Waals surface area (Å²) in [6.45, 7) is 3.65. The van der Waals surface area contributed by atoms with Gasteiger partial charge in [0.2, 0.25) is 0 Å². The Balaban J connectivity index is 1.72. The summed E-state index contributed by atoms with van der Waals surface area (Å²) >= 11 is 0. The molecule has 1 unspecified atom stereocenters. The van der Waals surface area contributed by atoms with Crippen molar-refractivity contribution in [3.63, 3.8) is 0 Å². The smallest absolute Gasteiger partial charge is 0.123 e. The van der Waals surface area contributed by atoms with Crippen molar-refractivity contribution in [3.05, 3.63) is 42.0 Å². The number of ether oxygens (including phenoxy) is 2. The summed E-state index contributed by atoms with van der Waals surface area (Å²) in [5, 5.41) is 6.11. The summed E-state index contributed by atoms with van der Waals surface area (Å²) in [6.07, 6.45) is 2.45. The van der Waals surface area contributed by atoms with E-state index in [0.717, 1.165) is 32.1 Å². The van der Waals surface area contributed by atoms with E-state index in [1.54, 1.807) is 7.11 Å². The lowest BCUT2D eigenvalue weighted by Gasteiger charge is -2.22. The zero-order chi connectivity index (χ0) is 14.5. The van der Waals surface area contributed by atoms with Crippen LogP contribution in [0.5, 0.6) is 5.75 Å². The van der Waals surface area contributed by atoms with Gasteiger partial charge in [0.05, 0.1) is 13.7 Å². The molecule has 1 atom stereocenters. The molecule has 2 aromatic carbocycles. The largest absolute Gasteiger partial charge is 0.496 e. The van der Waals surface area contributed by atoms with Crippen molar-refractivity contribution in [2.24, 2.45) is 5.92 Å². The van der Waals surface area contributed by atoms with E-state index in [0.29, 0.717) is 5.92 Å². The molecule has 1 fully saturated rings. The molecule has 21 heavy (non-hydrogen) atoms. The third kappa shape index (κ3) is 3.36. The van der Waals surface area contributed by atoms with Crippen LogP contribution in [0, 0.1) is 5.92 Å². The molecule has 3 rings (SSSR count). The summed E-state index contributed by atoms with van der Waals surface area (Å²) in [5.74, 6) is 1.60. The number of methoxy groups -OCH3 is 1. The van der Waals surface area contributed by atoms with Gasteiger partial charge in [0.1, 0.15) is 5.75 Å². The summed E-state index contributed by atoms with van der Waals surface area (Å²) in [4.78, 5) is 0. The Kier molecular flexibility index (Phi) is 4.73. The summed E-state index contributed by atoms with van der Waals surface area (Å²) in [5.41, 5.74) is 1.24. The van der Waals surface area contributed by atoms with Gasteiger partial charge in [-0.3, -0.25) is 0 Å². The lowest BCUT2D eigenvalue weighted by molar-refractivity contribution is 0.0547. The van der Waals surface area contributed by atoms with Crippen molar-refractivity contribution in [2.75, 3.05) is 26.9 Å². The first-order chi connectivity index (χ1) is 10.4. The normalized spacial score (nSPS) is 18.8. The fourth-order valence-corrected chi connectivity index (χ4v) is 3.06. The van der Waals surface area contributed by atoms with Crippen LogP contribution in [0.15, 0.2) is 36.4 Å². The van der Waals surface area contributed by atoms with E-state index >= 15 is 0 Å². The van der Waals surface area contributed by atoms with Crippen LogP contribution >= 0.6 is 0 Å². The molecule has 2 aromatic rings. The van der Waals surface area contributed by atoms with Crippen LogP contribution in [0.4, 0.5) is 0 Å². The Morgan fingerprint density at radius 1 is 1.24 bits per heavy atom. The SMILES string of the molecule is COc1ccc2ccccc2c1CNCC1CCCOC1. The van der Waals surface area contributed by atoms with E-state index in [9.17, 15) is 0 Å². The molecule has 1 heterocycles. The average molecular weight is 285 g/mol. The topological polar surface area (TPSA) is 30.5 Å². The minimum Gasteiger partial charge on any atom is -0.496 e. The minimum absolute atomic E-state index is 0.639. The molecule has 1 N–H and O–H groups in total. The summed E-state index contributed by atoms with van der Waals surface area (Å²) in [6, 6.07) is 12.6. The van der Waals surface area contributed by atoms with Crippen LogP contribution in [0.25, 0.3) is 10.8 Å². The molecular weight excluding hydrogens is 262 g/mol. The van der Waals surface area contributed by atoms with Gasteiger partial charge in [-0.25, -0.2) is 0 Å². The van der Waals surface area contributed by atoms with Crippen LogP contribution < -0.4 is 10.1 Å². The van der Waals surface area contributed by atoms with Gasteiger partial charge in [-0.2, -0.15) is 0 Å². The maximum atomic E-state index is 5.54. The number of hydrogen-bond acceptors (Lipinski definition) is 3. The van der Waals surface area contributed by atoms with Crippen LogP contribution in [-0.2, 0) is 11.3 Å². The van der Waals surface area contributed by atoms with E-state index in [2.05, 4.69) is 41.7 Å². The highest BCUT2D eigenvalue weighted by Crippen LogP contribution is 2.27. The third-order valence-electron chi connectivity index (χ3n) is 4.21. The zero-order valence-electron chi connectivity index (χ0n) is 12.6. The van der Waals surface area contributed by atoms with Crippen molar-refractivity contribution in [1.82, 2.24) is 5.32 Å². The highest BCUT2D eigenvalue weighted by molar-refractivity contribution is 5.87. The van der Waals surface area contributed by atoms with Gasteiger partial charge in [0, 0.05) is 25.3 Å². The van der Waals surface area contributed by atoms with Crippen molar-refractivity contribution >= 4 is 10.8 Å². The van der Waals surface area contributed by atoms with Gasteiger partial charge in [0.15, 0.2) is 0 Å². The van der Waals surface area contributed by atoms with E-state index in [-0.39, 0.29) is 0 Å². The Labute approximate surface area is 126 Å². The fraction of sp³-hybridized carbons (Fsp3) is 0.444. The quantitative estimate of drug-likeness (QED) is 0.913. The van der Waals surface area contributed by atoms with Gasteiger partial charge in [0.25, 0.3) is 0 Å². The van der Waals surface area contributed by atoms with E-state index < -0.39 is 0 Å². The molecule has 0 bridgehead atoms. The minimum atomic E-state index is 0.639. The molecule has 1 saturated heterocycles. The summed E-state index contributed by atoms with van der Waals surface area (Å²) in [7, 11) is 1.74. The first-order valence-corrected chi connectivity index (χ1v) is 7.71. The van der Waals surface area contributed by atoms with Crippen molar-refractivity contribution in [1.29, 1.82) is 0 Å². The predicted molar refractivity (Wildman–Crippen MR) is 85.7 cm³/mol. The Morgan fingerprint density at radius 2 is 2.14 bits per heavy atom. The molecule has 1 aliphatic heterocycles. The molecule has 0 saturated carbocycles. The lowest BCUT2D eigenvalue weighted by Crippen LogP contribution is -2.29. The van der Waals surface area contributed by atoms with Gasteiger partial charge in [-0.15, -0.1) is 0 Å². The first kappa shape index (κ1) is 14.4. The fourth-order valence-electron chi connectivity index (χ4n) is 3.06. The molecular formula is C18H23NO2. The number of benzene rings is 2. The molecule has 0 amide bonds. The average Bonchev–Trinajstić information content (AvgIpc) is 2.56. The second-order valence-electron chi connectivity index (χ2n) is 5.68. The Bertz CT molecular complexity index is 591. The molecule has 1 aliphatic rings.